The van der Waals surface area contributed by atoms with Gasteiger partial charge >= 0.3 is 6.09 Å². The number of hydrogen-bond acceptors (Lipinski definition) is 4. The quantitative estimate of drug-likeness (QED) is 0.438. The lowest BCUT2D eigenvalue weighted by molar-refractivity contribution is -0.384. The van der Waals surface area contributed by atoms with E-state index in [1.165, 1.54) is 6.07 Å². The molecule has 0 aliphatic heterocycles. The zero-order valence-corrected chi connectivity index (χ0v) is 10.2. The number of nitrogens with zero attached hydrogens (tertiary/aromatic N) is 1. The van der Waals surface area contributed by atoms with Crippen LogP contribution in [0.3, 0.4) is 0 Å². The van der Waals surface area contributed by atoms with E-state index in [1.807, 2.05) is 0 Å². The topological polar surface area (TPSA) is 104 Å². The normalized spacial score (nSPS) is 9.71. The molecule has 0 saturated carbocycles. The SMILES string of the molecule is O=C(O)NCCNc1cc(Br)ccc1[N+](=O)[O-]. The van der Waals surface area contributed by atoms with Crippen LogP contribution in [-0.2, 0) is 0 Å². The molecule has 0 aliphatic rings. The van der Waals surface area contributed by atoms with Gasteiger partial charge in [0.15, 0.2) is 0 Å². The third-order valence-electron chi connectivity index (χ3n) is 1.87. The summed E-state index contributed by atoms with van der Waals surface area (Å²) >= 11 is 3.21. The zero-order chi connectivity index (χ0) is 12.8. The monoisotopic (exact) mass is 303 g/mol. The molecule has 17 heavy (non-hydrogen) atoms. The van der Waals surface area contributed by atoms with Gasteiger partial charge in [-0.2, -0.15) is 0 Å². The average Bonchev–Trinajstić information content (AvgIpc) is 2.23. The van der Waals surface area contributed by atoms with Gasteiger partial charge in [0.1, 0.15) is 5.69 Å². The van der Waals surface area contributed by atoms with Crippen molar-refractivity contribution in [3.8, 4) is 0 Å². The molecule has 0 unspecified atom stereocenters. The van der Waals surface area contributed by atoms with Crippen LogP contribution in [0.1, 0.15) is 0 Å². The molecule has 0 bridgehead atoms. The van der Waals surface area contributed by atoms with Crippen LogP contribution in [0.15, 0.2) is 22.7 Å². The molecule has 8 heteroatoms. The van der Waals surface area contributed by atoms with Gasteiger partial charge in [-0.3, -0.25) is 10.1 Å². The molecule has 3 N–H and O–H groups in total. The Morgan fingerprint density at radius 1 is 1.47 bits per heavy atom. The smallest absolute Gasteiger partial charge is 0.404 e. The molecule has 0 aliphatic carbocycles. The van der Waals surface area contributed by atoms with Crippen LogP contribution >= 0.6 is 15.9 Å². The first-order valence-corrected chi connectivity index (χ1v) is 5.44. The molecule has 0 saturated heterocycles. The highest BCUT2D eigenvalue weighted by atomic mass is 79.9. The minimum Gasteiger partial charge on any atom is -0.465 e. The van der Waals surface area contributed by atoms with Crippen LogP contribution in [-0.4, -0.2) is 29.2 Å². The second-order valence-electron chi connectivity index (χ2n) is 3.08. The lowest BCUT2D eigenvalue weighted by atomic mass is 10.2. The van der Waals surface area contributed by atoms with Crippen molar-refractivity contribution in [2.75, 3.05) is 18.4 Å². The van der Waals surface area contributed by atoms with Crippen molar-refractivity contribution < 1.29 is 14.8 Å². The summed E-state index contributed by atoms with van der Waals surface area (Å²) in [7, 11) is 0. The Morgan fingerprint density at radius 2 is 2.18 bits per heavy atom. The number of carbonyl (C=O) groups is 1. The summed E-state index contributed by atoms with van der Waals surface area (Å²) in [5.74, 6) is 0. The first-order chi connectivity index (χ1) is 8.00. The predicted molar refractivity (Wildman–Crippen MR) is 65.3 cm³/mol. The lowest BCUT2D eigenvalue weighted by Crippen LogP contribution is -2.27. The molecule has 0 radical (unpaired) electrons. The highest BCUT2D eigenvalue weighted by Crippen LogP contribution is 2.27. The lowest BCUT2D eigenvalue weighted by Gasteiger charge is -2.07. The Hall–Kier alpha value is -1.83. The molecular weight excluding hydrogens is 294 g/mol. The number of anilines is 1. The van der Waals surface area contributed by atoms with Gasteiger partial charge in [-0.05, 0) is 12.1 Å². The van der Waals surface area contributed by atoms with E-state index < -0.39 is 11.0 Å². The van der Waals surface area contributed by atoms with E-state index in [0.717, 1.165) is 0 Å². The maximum Gasteiger partial charge on any atom is 0.404 e. The highest BCUT2D eigenvalue weighted by Gasteiger charge is 2.12. The highest BCUT2D eigenvalue weighted by molar-refractivity contribution is 9.10. The summed E-state index contributed by atoms with van der Waals surface area (Å²) in [5, 5.41) is 24.0. The molecule has 1 aromatic rings. The number of benzene rings is 1. The Morgan fingerprint density at radius 3 is 2.76 bits per heavy atom. The first-order valence-electron chi connectivity index (χ1n) is 4.65. The zero-order valence-electron chi connectivity index (χ0n) is 8.64. The molecule has 1 aromatic carbocycles. The number of amides is 1. The van der Waals surface area contributed by atoms with E-state index >= 15 is 0 Å². The summed E-state index contributed by atoms with van der Waals surface area (Å²) in [6.45, 7) is 0.433. The molecule has 0 aromatic heterocycles. The summed E-state index contributed by atoms with van der Waals surface area (Å²) in [6, 6.07) is 4.51. The third-order valence-corrected chi connectivity index (χ3v) is 2.37. The van der Waals surface area contributed by atoms with E-state index in [-0.39, 0.29) is 18.8 Å². The van der Waals surface area contributed by atoms with E-state index in [0.29, 0.717) is 10.2 Å². The average molecular weight is 304 g/mol. The summed E-state index contributed by atoms with van der Waals surface area (Å²) < 4.78 is 0.705. The number of hydrogen-bond donors (Lipinski definition) is 3. The Balaban J connectivity index is 2.65. The Kier molecular flexibility index (Phi) is 4.70. The van der Waals surface area contributed by atoms with E-state index in [4.69, 9.17) is 5.11 Å². The van der Waals surface area contributed by atoms with Gasteiger partial charge in [0.25, 0.3) is 5.69 Å². The fourth-order valence-electron chi connectivity index (χ4n) is 1.18. The molecular formula is C9H10BrN3O4. The van der Waals surface area contributed by atoms with Gasteiger partial charge in [-0.1, -0.05) is 15.9 Å². The van der Waals surface area contributed by atoms with Crippen molar-refractivity contribution >= 4 is 33.4 Å². The van der Waals surface area contributed by atoms with Gasteiger partial charge in [-0.15, -0.1) is 0 Å². The van der Waals surface area contributed by atoms with Crippen molar-refractivity contribution in [3.63, 3.8) is 0 Å². The number of halogens is 1. The van der Waals surface area contributed by atoms with Crippen LogP contribution in [0.5, 0.6) is 0 Å². The van der Waals surface area contributed by atoms with Crippen molar-refractivity contribution in [3.05, 3.63) is 32.8 Å². The number of nitro groups is 1. The van der Waals surface area contributed by atoms with Crippen molar-refractivity contribution in [1.82, 2.24) is 5.32 Å². The van der Waals surface area contributed by atoms with Gasteiger partial charge in [0.05, 0.1) is 4.92 Å². The number of rotatable bonds is 5. The van der Waals surface area contributed by atoms with Crippen molar-refractivity contribution in [2.45, 2.75) is 0 Å². The van der Waals surface area contributed by atoms with Crippen LogP contribution in [0.25, 0.3) is 0 Å². The van der Waals surface area contributed by atoms with Gasteiger partial charge in [0.2, 0.25) is 0 Å². The minimum atomic E-state index is -1.13. The second kappa shape index (κ2) is 6.04. The largest absolute Gasteiger partial charge is 0.465 e. The fourth-order valence-corrected chi connectivity index (χ4v) is 1.54. The predicted octanol–water partition coefficient (Wildman–Crippen LogP) is 2.04. The molecule has 1 amide bonds. The van der Waals surface area contributed by atoms with E-state index in [1.54, 1.807) is 12.1 Å². The van der Waals surface area contributed by atoms with Crippen molar-refractivity contribution in [1.29, 1.82) is 0 Å². The molecule has 7 nitrogen and oxygen atoms in total. The Bertz CT molecular complexity index is 438. The standard InChI is InChI=1S/C9H10BrN3O4/c10-6-1-2-8(13(16)17)7(5-6)11-3-4-12-9(14)15/h1-2,5,11-12H,3-4H2,(H,14,15). The van der Waals surface area contributed by atoms with E-state index in [2.05, 4.69) is 26.6 Å². The minimum absolute atomic E-state index is 0.0523. The summed E-state index contributed by atoms with van der Waals surface area (Å²) in [4.78, 5) is 20.4. The Labute approximate surface area is 105 Å². The van der Waals surface area contributed by atoms with Crippen LogP contribution in [0.2, 0.25) is 0 Å². The van der Waals surface area contributed by atoms with Gasteiger partial charge in [0, 0.05) is 23.6 Å². The maximum absolute atomic E-state index is 10.7. The first kappa shape index (κ1) is 13.2. The van der Waals surface area contributed by atoms with Crippen LogP contribution < -0.4 is 10.6 Å². The van der Waals surface area contributed by atoms with E-state index in [9.17, 15) is 14.9 Å². The third kappa shape index (κ3) is 4.27. The van der Waals surface area contributed by atoms with Crippen LogP contribution in [0.4, 0.5) is 16.2 Å². The fraction of sp³-hybridized carbons (Fsp3) is 0.222. The molecule has 0 spiro atoms. The van der Waals surface area contributed by atoms with Crippen LogP contribution in [0, 0.1) is 10.1 Å². The summed E-state index contributed by atoms with van der Waals surface area (Å²) in [5.41, 5.74) is 0.292. The molecule has 1 rings (SSSR count). The molecule has 0 fully saturated rings. The second-order valence-corrected chi connectivity index (χ2v) is 3.99. The number of nitro benzene ring substituents is 1. The van der Waals surface area contributed by atoms with Crippen molar-refractivity contribution in [2.24, 2.45) is 0 Å². The number of carboxylic acid groups (broad SMARTS) is 1. The van der Waals surface area contributed by atoms with Gasteiger partial charge in [-0.25, -0.2) is 4.79 Å². The molecule has 92 valence electrons. The summed E-state index contributed by atoms with van der Waals surface area (Å²) in [6.07, 6.45) is -1.13. The molecule has 0 atom stereocenters. The number of nitrogens with one attached hydrogen (secondary N) is 2. The maximum atomic E-state index is 10.7. The molecule has 0 heterocycles. The van der Waals surface area contributed by atoms with Gasteiger partial charge < -0.3 is 15.7 Å².